The van der Waals surface area contributed by atoms with Crippen molar-refractivity contribution in [1.82, 2.24) is 5.32 Å². The Morgan fingerprint density at radius 3 is 2.72 bits per heavy atom. The summed E-state index contributed by atoms with van der Waals surface area (Å²) in [5.74, 6) is 0.848. The van der Waals surface area contributed by atoms with Gasteiger partial charge in [0.25, 0.3) is 0 Å². The van der Waals surface area contributed by atoms with E-state index >= 15 is 0 Å². The molecule has 18 heavy (non-hydrogen) atoms. The molecular formula is C14H16ClNO2. The molecular weight excluding hydrogens is 250 g/mol. The van der Waals surface area contributed by atoms with E-state index in [1.165, 1.54) is 0 Å². The van der Waals surface area contributed by atoms with E-state index in [1.807, 2.05) is 37.3 Å². The van der Waals surface area contributed by atoms with Gasteiger partial charge < -0.3 is 14.8 Å². The van der Waals surface area contributed by atoms with E-state index < -0.39 is 6.10 Å². The molecule has 1 aromatic carbocycles. The highest BCUT2D eigenvalue weighted by molar-refractivity contribution is 6.31. The maximum Gasteiger partial charge on any atom is 0.120 e. The van der Waals surface area contributed by atoms with Gasteiger partial charge in [0.2, 0.25) is 0 Å². The van der Waals surface area contributed by atoms with Crippen LogP contribution in [0.5, 0.6) is 0 Å². The molecule has 0 fully saturated rings. The average molecular weight is 266 g/mol. The van der Waals surface area contributed by atoms with Crippen molar-refractivity contribution in [2.45, 2.75) is 19.1 Å². The SMILES string of the molecule is C[C@@H](NCC(O)c1ccccc1Cl)c1ccco1. The lowest BCUT2D eigenvalue weighted by Gasteiger charge is -2.16. The first-order chi connectivity index (χ1) is 8.68. The summed E-state index contributed by atoms with van der Waals surface area (Å²) in [6.45, 7) is 2.41. The number of hydrogen-bond acceptors (Lipinski definition) is 3. The third-order valence-electron chi connectivity index (χ3n) is 2.85. The van der Waals surface area contributed by atoms with E-state index in [0.29, 0.717) is 11.6 Å². The van der Waals surface area contributed by atoms with Crippen LogP contribution < -0.4 is 5.32 Å². The van der Waals surface area contributed by atoms with Gasteiger partial charge in [0.05, 0.1) is 18.4 Å². The molecule has 0 amide bonds. The number of rotatable bonds is 5. The second-order valence-electron chi connectivity index (χ2n) is 4.18. The third-order valence-corrected chi connectivity index (χ3v) is 3.20. The smallest absolute Gasteiger partial charge is 0.120 e. The molecule has 1 heterocycles. The molecule has 4 heteroatoms. The monoisotopic (exact) mass is 265 g/mol. The van der Waals surface area contributed by atoms with Gasteiger partial charge in [-0.2, -0.15) is 0 Å². The van der Waals surface area contributed by atoms with Gasteiger partial charge in [-0.3, -0.25) is 0 Å². The van der Waals surface area contributed by atoms with Crippen molar-refractivity contribution in [3.63, 3.8) is 0 Å². The summed E-state index contributed by atoms with van der Waals surface area (Å²) in [6.07, 6.45) is 1.01. The molecule has 0 spiro atoms. The first kappa shape index (κ1) is 13.1. The van der Waals surface area contributed by atoms with Crippen LogP contribution in [0.25, 0.3) is 0 Å². The zero-order valence-corrected chi connectivity index (χ0v) is 10.9. The molecule has 1 unspecified atom stereocenters. The number of halogens is 1. The molecule has 0 saturated carbocycles. The number of nitrogens with one attached hydrogen (secondary N) is 1. The molecule has 96 valence electrons. The summed E-state index contributed by atoms with van der Waals surface area (Å²) < 4.78 is 5.29. The molecule has 3 nitrogen and oxygen atoms in total. The normalized spacial score (nSPS) is 14.4. The molecule has 2 atom stereocenters. The van der Waals surface area contributed by atoms with E-state index in [1.54, 1.807) is 12.3 Å². The molecule has 0 radical (unpaired) electrons. The molecule has 2 aromatic rings. The fourth-order valence-corrected chi connectivity index (χ4v) is 2.04. The van der Waals surface area contributed by atoms with Gasteiger partial charge in [-0.1, -0.05) is 29.8 Å². The summed E-state index contributed by atoms with van der Waals surface area (Å²) in [6, 6.07) is 11.1. The molecule has 0 aliphatic rings. The van der Waals surface area contributed by atoms with E-state index in [2.05, 4.69) is 5.32 Å². The van der Waals surface area contributed by atoms with Gasteiger partial charge in [0.15, 0.2) is 0 Å². The van der Waals surface area contributed by atoms with Crippen LogP contribution in [0.3, 0.4) is 0 Å². The van der Waals surface area contributed by atoms with Crippen LogP contribution in [0.15, 0.2) is 47.1 Å². The Morgan fingerprint density at radius 2 is 2.06 bits per heavy atom. The van der Waals surface area contributed by atoms with Gasteiger partial charge >= 0.3 is 0 Å². The Labute approximate surface area is 111 Å². The predicted octanol–water partition coefficient (Wildman–Crippen LogP) is 3.32. The van der Waals surface area contributed by atoms with E-state index in [0.717, 1.165) is 11.3 Å². The fraction of sp³-hybridized carbons (Fsp3) is 0.286. The van der Waals surface area contributed by atoms with Crippen molar-refractivity contribution in [2.75, 3.05) is 6.54 Å². The lowest BCUT2D eigenvalue weighted by molar-refractivity contribution is 0.169. The largest absolute Gasteiger partial charge is 0.468 e. The Kier molecular flexibility index (Phi) is 4.42. The van der Waals surface area contributed by atoms with Crippen molar-refractivity contribution in [2.24, 2.45) is 0 Å². The minimum Gasteiger partial charge on any atom is -0.468 e. The van der Waals surface area contributed by atoms with E-state index in [9.17, 15) is 5.11 Å². The van der Waals surface area contributed by atoms with Crippen LogP contribution >= 0.6 is 11.6 Å². The number of aliphatic hydroxyl groups is 1. The minimum absolute atomic E-state index is 0.0529. The van der Waals surface area contributed by atoms with Gasteiger partial charge in [-0.15, -0.1) is 0 Å². The van der Waals surface area contributed by atoms with Crippen molar-refractivity contribution < 1.29 is 9.52 Å². The van der Waals surface area contributed by atoms with E-state index in [-0.39, 0.29) is 6.04 Å². The van der Waals surface area contributed by atoms with Crippen molar-refractivity contribution in [3.8, 4) is 0 Å². The second-order valence-corrected chi connectivity index (χ2v) is 4.59. The van der Waals surface area contributed by atoms with Crippen molar-refractivity contribution in [3.05, 3.63) is 59.0 Å². The maximum atomic E-state index is 10.1. The van der Waals surface area contributed by atoms with E-state index in [4.69, 9.17) is 16.0 Å². The molecule has 1 aromatic heterocycles. The zero-order valence-electron chi connectivity index (χ0n) is 10.1. The minimum atomic E-state index is -0.629. The summed E-state index contributed by atoms with van der Waals surface area (Å²) in [5.41, 5.74) is 0.735. The molecule has 2 N–H and O–H groups in total. The van der Waals surface area contributed by atoms with Crippen LogP contribution in [0.2, 0.25) is 5.02 Å². The number of furan rings is 1. The van der Waals surface area contributed by atoms with Crippen LogP contribution in [-0.2, 0) is 0 Å². The lowest BCUT2D eigenvalue weighted by Crippen LogP contribution is -2.24. The first-order valence-corrected chi connectivity index (χ1v) is 6.25. The standard InChI is InChI=1S/C14H16ClNO2/c1-10(14-7-4-8-18-14)16-9-13(17)11-5-2-3-6-12(11)15/h2-8,10,13,16-17H,9H2,1H3/t10-,13?/m1/s1. The second kappa shape index (κ2) is 6.05. The Morgan fingerprint density at radius 1 is 1.28 bits per heavy atom. The molecule has 2 rings (SSSR count). The molecule has 0 aliphatic heterocycles. The Hall–Kier alpha value is -1.29. The first-order valence-electron chi connectivity index (χ1n) is 5.87. The van der Waals surface area contributed by atoms with Gasteiger partial charge in [0.1, 0.15) is 5.76 Å². The summed E-state index contributed by atoms with van der Waals surface area (Å²) >= 11 is 6.03. The summed E-state index contributed by atoms with van der Waals surface area (Å²) in [7, 11) is 0. The number of benzene rings is 1. The molecule has 0 bridgehead atoms. The number of hydrogen-bond donors (Lipinski definition) is 2. The summed E-state index contributed by atoms with van der Waals surface area (Å²) in [4.78, 5) is 0. The topological polar surface area (TPSA) is 45.4 Å². The highest BCUT2D eigenvalue weighted by Crippen LogP contribution is 2.22. The van der Waals surface area contributed by atoms with Gasteiger partial charge in [0, 0.05) is 17.1 Å². The number of aliphatic hydroxyl groups excluding tert-OH is 1. The van der Waals surface area contributed by atoms with Gasteiger partial charge in [-0.25, -0.2) is 0 Å². The quantitative estimate of drug-likeness (QED) is 0.872. The van der Waals surface area contributed by atoms with Crippen LogP contribution in [0.1, 0.15) is 30.4 Å². The Bertz CT molecular complexity index is 484. The predicted molar refractivity (Wildman–Crippen MR) is 71.5 cm³/mol. The highest BCUT2D eigenvalue weighted by Gasteiger charge is 2.13. The van der Waals surface area contributed by atoms with Crippen LogP contribution in [-0.4, -0.2) is 11.7 Å². The average Bonchev–Trinajstić information content (AvgIpc) is 2.90. The fourth-order valence-electron chi connectivity index (χ4n) is 1.78. The molecule has 0 saturated heterocycles. The summed E-state index contributed by atoms with van der Waals surface area (Å²) in [5, 5.41) is 13.9. The van der Waals surface area contributed by atoms with Crippen molar-refractivity contribution >= 4 is 11.6 Å². The molecule has 0 aliphatic carbocycles. The van der Waals surface area contributed by atoms with Crippen molar-refractivity contribution in [1.29, 1.82) is 0 Å². The Balaban J connectivity index is 1.93. The van der Waals surface area contributed by atoms with Gasteiger partial charge in [-0.05, 0) is 25.1 Å². The highest BCUT2D eigenvalue weighted by atomic mass is 35.5. The van der Waals surface area contributed by atoms with Crippen LogP contribution in [0, 0.1) is 0 Å². The van der Waals surface area contributed by atoms with Crippen LogP contribution in [0.4, 0.5) is 0 Å². The maximum absolute atomic E-state index is 10.1. The lowest BCUT2D eigenvalue weighted by atomic mass is 10.1. The zero-order chi connectivity index (χ0) is 13.0. The third kappa shape index (κ3) is 3.13.